The van der Waals surface area contributed by atoms with Crippen LogP contribution in [-0.2, 0) is 0 Å². The predicted molar refractivity (Wildman–Crippen MR) is 51.5 cm³/mol. The van der Waals surface area contributed by atoms with E-state index in [4.69, 9.17) is 5.73 Å². The minimum absolute atomic E-state index is 0.00338. The van der Waals surface area contributed by atoms with Crippen LogP contribution >= 0.6 is 11.3 Å². The topological polar surface area (TPSA) is 43.1 Å². The highest BCUT2D eigenvalue weighted by Crippen LogP contribution is 2.15. The summed E-state index contributed by atoms with van der Waals surface area (Å²) in [5.74, 6) is 0.193. The summed E-state index contributed by atoms with van der Waals surface area (Å²) < 4.78 is 0. The minimum Gasteiger partial charge on any atom is -0.330 e. The molecule has 2 N–H and O–H groups in total. The van der Waals surface area contributed by atoms with Crippen molar-refractivity contribution < 1.29 is 4.79 Å². The zero-order chi connectivity index (χ0) is 8.97. The van der Waals surface area contributed by atoms with Crippen molar-refractivity contribution in [3.63, 3.8) is 0 Å². The Morgan fingerprint density at radius 1 is 1.75 bits per heavy atom. The van der Waals surface area contributed by atoms with Gasteiger partial charge in [0.05, 0.1) is 4.88 Å². The van der Waals surface area contributed by atoms with Gasteiger partial charge in [0, 0.05) is 12.5 Å². The lowest BCUT2D eigenvalue weighted by molar-refractivity contribution is 0.0925. The van der Waals surface area contributed by atoms with Gasteiger partial charge in [-0.15, -0.1) is 11.3 Å². The van der Waals surface area contributed by atoms with E-state index in [1.165, 1.54) is 11.3 Å². The van der Waals surface area contributed by atoms with Gasteiger partial charge in [0.1, 0.15) is 0 Å². The number of carbonyl (C=O) groups excluding carboxylic acids is 1. The Hall–Kier alpha value is -0.670. The van der Waals surface area contributed by atoms with Crippen LogP contribution in [0.15, 0.2) is 17.5 Å². The van der Waals surface area contributed by atoms with Crippen molar-refractivity contribution in [2.24, 2.45) is 11.7 Å². The van der Waals surface area contributed by atoms with E-state index in [0.717, 1.165) is 11.3 Å². The summed E-state index contributed by atoms with van der Waals surface area (Å²) in [7, 11) is 0. The molecule has 0 amide bonds. The molecular weight excluding hydrogens is 170 g/mol. The smallest absolute Gasteiger partial charge is 0.177 e. The molecule has 0 saturated heterocycles. The Bertz CT molecular complexity index is 239. The maximum Gasteiger partial charge on any atom is 0.177 e. The van der Waals surface area contributed by atoms with Crippen LogP contribution in [0.1, 0.15) is 23.0 Å². The van der Waals surface area contributed by atoms with Crippen LogP contribution in [0.4, 0.5) is 0 Å². The number of ketones is 1. The van der Waals surface area contributed by atoms with E-state index in [0.29, 0.717) is 6.54 Å². The Morgan fingerprint density at radius 2 is 2.50 bits per heavy atom. The molecule has 1 unspecified atom stereocenters. The monoisotopic (exact) mass is 183 g/mol. The number of Topliss-reactive ketones (excluding diaryl/α,β-unsaturated/α-hetero) is 1. The number of hydrogen-bond donors (Lipinski definition) is 1. The SMILES string of the molecule is CCC(CN)C(=O)c1cccs1. The van der Waals surface area contributed by atoms with Gasteiger partial charge in [0.2, 0.25) is 0 Å². The Kier molecular flexibility index (Phi) is 3.44. The van der Waals surface area contributed by atoms with E-state index >= 15 is 0 Å². The maximum absolute atomic E-state index is 11.6. The number of hydrogen-bond acceptors (Lipinski definition) is 3. The molecule has 66 valence electrons. The molecule has 1 heterocycles. The predicted octanol–water partition coefficient (Wildman–Crippen LogP) is 1.92. The fraction of sp³-hybridized carbons (Fsp3) is 0.444. The first kappa shape index (κ1) is 9.42. The van der Waals surface area contributed by atoms with Gasteiger partial charge in [-0.1, -0.05) is 13.0 Å². The van der Waals surface area contributed by atoms with Gasteiger partial charge in [-0.05, 0) is 17.9 Å². The molecule has 1 rings (SSSR count). The molecule has 0 saturated carbocycles. The second kappa shape index (κ2) is 4.38. The molecule has 0 bridgehead atoms. The zero-order valence-electron chi connectivity index (χ0n) is 7.12. The van der Waals surface area contributed by atoms with Crippen LogP contribution in [0.25, 0.3) is 0 Å². The first-order chi connectivity index (χ1) is 5.79. The van der Waals surface area contributed by atoms with E-state index in [9.17, 15) is 4.79 Å². The quantitative estimate of drug-likeness (QED) is 0.725. The highest BCUT2D eigenvalue weighted by Gasteiger charge is 2.16. The molecule has 0 aliphatic carbocycles. The van der Waals surface area contributed by atoms with Crippen LogP contribution < -0.4 is 5.73 Å². The molecule has 1 aromatic rings. The molecular formula is C9H13NOS. The molecule has 0 fully saturated rings. The van der Waals surface area contributed by atoms with Crippen LogP contribution in [0.2, 0.25) is 0 Å². The summed E-state index contributed by atoms with van der Waals surface area (Å²) >= 11 is 1.48. The number of rotatable bonds is 4. The number of carbonyl (C=O) groups is 1. The Morgan fingerprint density at radius 3 is 2.92 bits per heavy atom. The van der Waals surface area contributed by atoms with E-state index < -0.39 is 0 Å². The third-order valence-corrected chi connectivity index (χ3v) is 2.80. The minimum atomic E-state index is 0.00338. The summed E-state index contributed by atoms with van der Waals surface area (Å²) in [6, 6.07) is 3.74. The summed E-state index contributed by atoms with van der Waals surface area (Å²) in [6.45, 7) is 2.44. The van der Waals surface area contributed by atoms with Crippen molar-refractivity contribution in [1.29, 1.82) is 0 Å². The lowest BCUT2D eigenvalue weighted by Crippen LogP contribution is -2.22. The van der Waals surface area contributed by atoms with Gasteiger partial charge >= 0.3 is 0 Å². The number of thiophene rings is 1. The average Bonchev–Trinajstić information content (AvgIpc) is 2.58. The van der Waals surface area contributed by atoms with Gasteiger partial charge in [0.25, 0.3) is 0 Å². The third-order valence-electron chi connectivity index (χ3n) is 1.91. The molecule has 0 aliphatic rings. The molecule has 0 spiro atoms. The van der Waals surface area contributed by atoms with E-state index in [1.54, 1.807) is 0 Å². The Balaban J connectivity index is 2.70. The van der Waals surface area contributed by atoms with Gasteiger partial charge in [-0.3, -0.25) is 4.79 Å². The fourth-order valence-electron chi connectivity index (χ4n) is 1.08. The summed E-state index contributed by atoms with van der Waals surface area (Å²) in [4.78, 5) is 12.4. The highest BCUT2D eigenvalue weighted by atomic mass is 32.1. The van der Waals surface area contributed by atoms with Crippen molar-refractivity contribution in [1.82, 2.24) is 0 Å². The van der Waals surface area contributed by atoms with E-state index in [1.807, 2.05) is 24.4 Å². The Labute approximate surface area is 76.4 Å². The second-order valence-corrected chi connectivity index (χ2v) is 3.63. The molecule has 2 nitrogen and oxygen atoms in total. The maximum atomic E-state index is 11.6. The first-order valence-electron chi connectivity index (χ1n) is 4.07. The number of nitrogens with two attached hydrogens (primary N) is 1. The lowest BCUT2D eigenvalue weighted by atomic mass is 10.0. The normalized spacial score (nSPS) is 12.8. The molecule has 1 atom stereocenters. The summed E-state index contributed by atoms with van der Waals surface area (Å²) in [5, 5.41) is 1.91. The van der Waals surface area contributed by atoms with Gasteiger partial charge in [-0.25, -0.2) is 0 Å². The van der Waals surface area contributed by atoms with Gasteiger partial charge in [-0.2, -0.15) is 0 Å². The molecule has 0 radical (unpaired) electrons. The molecule has 0 aliphatic heterocycles. The molecule has 3 heteroatoms. The van der Waals surface area contributed by atoms with Crippen molar-refractivity contribution >= 4 is 17.1 Å². The van der Waals surface area contributed by atoms with Crippen LogP contribution in [-0.4, -0.2) is 12.3 Å². The lowest BCUT2D eigenvalue weighted by Gasteiger charge is -2.08. The fourth-order valence-corrected chi connectivity index (χ4v) is 1.82. The van der Waals surface area contributed by atoms with Crippen molar-refractivity contribution in [2.45, 2.75) is 13.3 Å². The highest BCUT2D eigenvalue weighted by molar-refractivity contribution is 7.12. The molecule has 0 aromatic carbocycles. The van der Waals surface area contributed by atoms with Gasteiger partial charge < -0.3 is 5.73 Å². The molecule has 1 aromatic heterocycles. The van der Waals surface area contributed by atoms with Crippen molar-refractivity contribution in [3.8, 4) is 0 Å². The molecule has 12 heavy (non-hydrogen) atoms. The third kappa shape index (κ3) is 1.93. The van der Waals surface area contributed by atoms with Crippen molar-refractivity contribution in [2.75, 3.05) is 6.54 Å². The standard InChI is InChI=1S/C9H13NOS/c1-2-7(6-10)9(11)8-4-3-5-12-8/h3-5,7H,2,6,10H2,1H3. The summed E-state index contributed by atoms with van der Waals surface area (Å²) in [6.07, 6.45) is 0.827. The zero-order valence-corrected chi connectivity index (χ0v) is 7.93. The first-order valence-corrected chi connectivity index (χ1v) is 4.95. The van der Waals surface area contributed by atoms with Gasteiger partial charge in [0.15, 0.2) is 5.78 Å². The van der Waals surface area contributed by atoms with Crippen LogP contribution in [0, 0.1) is 5.92 Å². The second-order valence-electron chi connectivity index (χ2n) is 2.68. The van der Waals surface area contributed by atoms with Crippen LogP contribution in [0.3, 0.4) is 0 Å². The van der Waals surface area contributed by atoms with Crippen LogP contribution in [0.5, 0.6) is 0 Å². The van der Waals surface area contributed by atoms with E-state index in [2.05, 4.69) is 0 Å². The van der Waals surface area contributed by atoms with E-state index in [-0.39, 0.29) is 11.7 Å². The van der Waals surface area contributed by atoms with Crippen molar-refractivity contribution in [3.05, 3.63) is 22.4 Å². The largest absolute Gasteiger partial charge is 0.330 e. The average molecular weight is 183 g/mol. The summed E-state index contributed by atoms with van der Waals surface area (Å²) in [5.41, 5.74) is 5.47.